The molecule has 0 aromatic heterocycles. The van der Waals surface area contributed by atoms with Gasteiger partial charge in [0.2, 0.25) is 0 Å². The summed E-state index contributed by atoms with van der Waals surface area (Å²) in [4.78, 5) is 0. The van der Waals surface area contributed by atoms with Gasteiger partial charge in [-0.1, -0.05) is 133 Å². The summed E-state index contributed by atoms with van der Waals surface area (Å²) in [6, 6.07) is 44.2. The van der Waals surface area contributed by atoms with E-state index in [0.717, 1.165) is 0 Å². The van der Waals surface area contributed by atoms with Gasteiger partial charge in [0, 0.05) is 11.8 Å². The van der Waals surface area contributed by atoms with Gasteiger partial charge in [-0.25, -0.2) is 0 Å². The fraction of sp³-hybridized carbons (Fsp3) is 0.152. The second-order valence-corrected chi connectivity index (χ2v) is 9.30. The largest absolute Gasteiger partial charge is 0.0723 e. The minimum absolute atomic E-state index is 0.376. The van der Waals surface area contributed by atoms with Crippen molar-refractivity contribution in [1.82, 2.24) is 0 Å². The third-order valence-electron chi connectivity index (χ3n) is 7.48. The van der Waals surface area contributed by atoms with Gasteiger partial charge in [0.15, 0.2) is 0 Å². The summed E-state index contributed by atoms with van der Waals surface area (Å²) in [6.45, 7) is 0. The van der Waals surface area contributed by atoms with E-state index < -0.39 is 0 Å². The Morgan fingerprint density at radius 1 is 0.394 bits per heavy atom. The zero-order valence-corrected chi connectivity index (χ0v) is 18.7. The predicted octanol–water partition coefficient (Wildman–Crippen LogP) is 8.37. The molecule has 6 rings (SSSR count). The van der Waals surface area contributed by atoms with Crippen LogP contribution in [0.15, 0.2) is 133 Å². The van der Waals surface area contributed by atoms with Crippen LogP contribution in [-0.2, 0) is 0 Å². The number of allylic oxidation sites excluding steroid dienone is 4. The van der Waals surface area contributed by atoms with E-state index >= 15 is 0 Å². The van der Waals surface area contributed by atoms with Gasteiger partial charge in [0.05, 0.1) is 0 Å². The minimum Gasteiger partial charge on any atom is -0.0723 e. The fourth-order valence-corrected chi connectivity index (χ4v) is 5.96. The highest BCUT2D eigenvalue weighted by Gasteiger charge is 2.41. The molecule has 4 aromatic carbocycles. The van der Waals surface area contributed by atoms with Crippen LogP contribution in [0.3, 0.4) is 0 Å². The van der Waals surface area contributed by atoms with E-state index in [9.17, 15) is 0 Å². The molecule has 0 saturated heterocycles. The van der Waals surface area contributed by atoms with Crippen LogP contribution in [-0.4, -0.2) is 0 Å². The molecule has 4 aromatic rings. The fourth-order valence-electron chi connectivity index (χ4n) is 5.96. The first-order valence-electron chi connectivity index (χ1n) is 12.0. The Hall–Kier alpha value is -3.64. The molecule has 4 atom stereocenters. The van der Waals surface area contributed by atoms with E-state index in [1.165, 1.54) is 39.8 Å². The minimum atomic E-state index is 0.376. The van der Waals surface area contributed by atoms with E-state index in [2.05, 4.69) is 133 Å². The number of hydrogen-bond acceptors (Lipinski definition) is 0. The first-order valence-corrected chi connectivity index (χ1v) is 12.0. The van der Waals surface area contributed by atoms with Gasteiger partial charge in [-0.05, 0) is 51.7 Å². The smallest absolute Gasteiger partial charge is 0.00931 e. The average Bonchev–Trinajstić information content (AvgIpc) is 2.91. The van der Waals surface area contributed by atoms with Gasteiger partial charge < -0.3 is 0 Å². The standard InChI is InChI=1S/C33H28/c1-5-13-24(14-6-1)28-21-29(25-15-7-2-8-16-25)33-23-32(28)30(26-17-9-3-10-18-26)22-31(33)27-19-11-4-12-20-27/h1-22,28,31-33H,23H2/t28-,31-,32+,33-/m1/s1. The molecule has 0 radical (unpaired) electrons. The molecule has 2 aliphatic carbocycles. The Kier molecular flexibility index (Phi) is 5.28. The zero-order valence-electron chi connectivity index (χ0n) is 18.7. The zero-order chi connectivity index (χ0) is 22.0. The lowest BCUT2D eigenvalue weighted by Gasteiger charge is -2.44. The van der Waals surface area contributed by atoms with Gasteiger partial charge >= 0.3 is 0 Å². The van der Waals surface area contributed by atoms with Gasteiger partial charge in [-0.3, -0.25) is 0 Å². The second kappa shape index (κ2) is 8.71. The van der Waals surface area contributed by atoms with Crippen LogP contribution >= 0.6 is 0 Å². The van der Waals surface area contributed by atoms with Crippen LogP contribution in [0, 0.1) is 11.8 Å². The Morgan fingerprint density at radius 2 is 0.727 bits per heavy atom. The highest BCUT2D eigenvalue weighted by atomic mass is 14.4. The predicted molar refractivity (Wildman–Crippen MR) is 139 cm³/mol. The summed E-state index contributed by atoms with van der Waals surface area (Å²) >= 11 is 0. The summed E-state index contributed by atoms with van der Waals surface area (Å²) in [5, 5.41) is 0. The van der Waals surface area contributed by atoms with Crippen molar-refractivity contribution in [3.05, 3.63) is 156 Å². The molecule has 0 heterocycles. The van der Waals surface area contributed by atoms with Crippen molar-refractivity contribution in [3.63, 3.8) is 0 Å². The molecule has 33 heavy (non-hydrogen) atoms. The summed E-state index contributed by atoms with van der Waals surface area (Å²) in [5.41, 5.74) is 8.54. The van der Waals surface area contributed by atoms with Crippen molar-refractivity contribution in [2.75, 3.05) is 0 Å². The molecule has 0 nitrogen and oxygen atoms in total. The van der Waals surface area contributed by atoms with Gasteiger partial charge in [-0.15, -0.1) is 0 Å². The maximum Gasteiger partial charge on any atom is 0.00931 e. The summed E-state index contributed by atoms with van der Waals surface area (Å²) in [6.07, 6.45) is 6.35. The van der Waals surface area contributed by atoms with Gasteiger partial charge in [-0.2, -0.15) is 0 Å². The normalized spacial score (nSPS) is 24.0. The monoisotopic (exact) mass is 424 g/mol. The highest BCUT2D eigenvalue weighted by molar-refractivity contribution is 5.79. The topological polar surface area (TPSA) is 0 Å². The van der Waals surface area contributed by atoms with Crippen LogP contribution in [0.5, 0.6) is 0 Å². The number of benzene rings is 4. The van der Waals surface area contributed by atoms with E-state index in [0.29, 0.717) is 23.7 Å². The number of rotatable bonds is 4. The molecule has 0 saturated carbocycles. The number of fused-ring (bicyclic) bond motifs is 2. The van der Waals surface area contributed by atoms with E-state index in [1.54, 1.807) is 0 Å². The Morgan fingerprint density at radius 3 is 1.09 bits per heavy atom. The lowest BCUT2D eigenvalue weighted by molar-refractivity contribution is 0.404. The van der Waals surface area contributed by atoms with Crippen molar-refractivity contribution in [2.45, 2.75) is 18.3 Å². The molecule has 0 amide bonds. The van der Waals surface area contributed by atoms with Crippen molar-refractivity contribution in [1.29, 1.82) is 0 Å². The molecule has 0 heteroatoms. The molecule has 0 unspecified atom stereocenters. The quantitative estimate of drug-likeness (QED) is 0.309. The molecular weight excluding hydrogens is 396 g/mol. The average molecular weight is 425 g/mol. The molecule has 0 N–H and O–H groups in total. The maximum absolute atomic E-state index is 2.59. The molecule has 2 aliphatic rings. The van der Waals surface area contributed by atoms with Crippen LogP contribution < -0.4 is 0 Å². The highest BCUT2D eigenvalue weighted by Crippen LogP contribution is 2.56. The molecule has 2 bridgehead atoms. The molecule has 0 fully saturated rings. The maximum atomic E-state index is 2.59. The second-order valence-electron chi connectivity index (χ2n) is 9.30. The van der Waals surface area contributed by atoms with E-state index in [1.807, 2.05) is 0 Å². The lowest BCUT2D eigenvalue weighted by Crippen LogP contribution is -2.31. The lowest BCUT2D eigenvalue weighted by atomic mass is 9.59. The van der Waals surface area contributed by atoms with Crippen molar-refractivity contribution >= 4 is 11.1 Å². The summed E-state index contributed by atoms with van der Waals surface area (Å²) < 4.78 is 0. The third-order valence-corrected chi connectivity index (χ3v) is 7.48. The summed E-state index contributed by atoms with van der Waals surface area (Å²) in [7, 11) is 0. The number of hydrogen-bond donors (Lipinski definition) is 0. The molecule has 160 valence electrons. The van der Waals surface area contributed by atoms with Crippen LogP contribution in [0.4, 0.5) is 0 Å². The van der Waals surface area contributed by atoms with Crippen molar-refractivity contribution in [3.8, 4) is 0 Å². The molecular formula is C33H28. The SMILES string of the molecule is C1=C(c2ccccc2)[C@H]2C[C@H](C(c3ccccc3)=C[C@@H]2c2ccccc2)[C@H]1c1ccccc1. The first-order chi connectivity index (χ1) is 16.4. The van der Waals surface area contributed by atoms with Crippen molar-refractivity contribution in [2.24, 2.45) is 11.8 Å². The van der Waals surface area contributed by atoms with Gasteiger partial charge in [0.1, 0.15) is 0 Å². The van der Waals surface area contributed by atoms with Gasteiger partial charge in [0.25, 0.3) is 0 Å². The van der Waals surface area contributed by atoms with Crippen molar-refractivity contribution < 1.29 is 0 Å². The molecule has 0 aliphatic heterocycles. The Bertz CT molecular complexity index is 1160. The Balaban J connectivity index is 1.56. The van der Waals surface area contributed by atoms with E-state index in [4.69, 9.17) is 0 Å². The Labute approximate surface area is 196 Å². The third kappa shape index (κ3) is 3.76. The summed E-state index contributed by atoms with van der Waals surface area (Å²) in [5.74, 6) is 1.71. The first kappa shape index (κ1) is 20.0. The van der Waals surface area contributed by atoms with Crippen LogP contribution in [0.25, 0.3) is 11.1 Å². The van der Waals surface area contributed by atoms with Crippen LogP contribution in [0.2, 0.25) is 0 Å². The molecule has 0 spiro atoms. The van der Waals surface area contributed by atoms with Crippen LogP contribution in [0.1, 0.15) is 40.5 Å². The van der Waals surface area contributed by atoms with E-state index in [-0.39, 0.29) is 0 Å².